The molecule has 1 aromatic rings. The van der Waals surface area contributed by atoms with Gasteiger partial charge in [-0.1, -0.05) is 57.8 Å². The van der Waals surface area contributed by atoms with Gasteiger partial charge in [-0.05, 0) is 12.8 Å². The van der Waals surface area contributed by atoms with Gasteiger partial charge in [0.15, 0.2) is 0 Å². The van der Waals surface area contributed by atoms with Gasteiger partial charge in [0.2, 0.25) is 0 Å². The van der Waals surface area contributed by atoms with E-state index >= 15 is 0 Å². The minimum atomic E-state index is 0.726. The second kappa shape index (κ2) is 9.98. The third-order valence-corrected chi connectivity index (χ3v) is 4.45. The number of nitrogens with zero attached hydrogens (tertiary/aromatic N) is 1. The Morgan fingerprint density at radius 3 is 2.10 bits per heavy atom. The van der Waals surface area contributed by atoms with Crippen molar-refractivity contribution in [2.45, 2.75) is 83.1 Å². The number of aromatic amines is 1. The van der Waals surface area contributed by atoms with Crippen molar-refractivity contribution in [1.82, 2.24) is 15.3 Å². The molecule has 0 radical (unpaired) electrons. The molecule has 0 unspecified atom stereocenters. The molecular formula is C17H31N3. The highest BCUT2D eigenvalue weighted by Gasteiger charge is 2.09. The summed E-state index contributed by atoms with van der Waals surface area (Å²) in [6.45, 7) is 1.05. The van der Waals surface area contributed by atoms with Crippen LogP contribution < -0.4 is 5.32 Å². The minimum Gasteiger partial charge on any atom is -0.349 e. The molecule has 0 atom stereocenters. The molecule has 3 heteroatoms. The molecule has 0 saturated heterocycles. The van der Waals surface area contributed by atoms with Gasteiger partial charge in [-0.15, -0.1) is 0 Å². The van der Waals surface area contributed by atoms with Gasteiger partial charge in [0, 0.05) is 31.4 Å². The molecule has 1 heterocycles. The minimum absolute atomic E-state index is 0.726. The molecule has 1 aromatic heterocycles. The third kappa shape index (κ3) is 6.56. The molecule has 1 fully saturated rings. The number of H-pyrrole nitrogens is 1. The normalized spacial score (nSPS) is 20.2. The van der Waals surface area contributed by atoms with Crippen LogP contribution in [0, 0.1) is 0 Å². The molecular weight excluding hydrogens is 246 g/mol. The summed E-state index contributed by atoms with van der Waals surface area (Å²) in [6, 6.07) is 0.726. The van der Waals surface area contributed by atoms with Crippen LogP contribution in [0.15, 0.2) is 12.4 Å². The summed E-state index contributed by atoms with van der Waals surface area (Å²) in [5, 5.41) is 3.75. The van der Waals surface area contributed by atoms with Crippen LogP contribution in [-0.4, -0.2) is 22.6 Å². The molecule has 1 saturated carbocycles. The maximum Gasteiger partial charge on any atom is 0.107 e. The summed E-state index contributed by atoms with van der Waals surface area (Å²) in [4.78, 5) is 7.47. The Hall–Kier alpha value is -0.830. The Balaban J connectivity index is 1.65. The van der Waals surface area contributed by atoms with Crippen molar-refractivity contribution in [1.29, 1.82) is 0 Å². The van der Waals surface area contributed by atoms with Crippen molar-refractivity contribution in [2.75, 3.05) is 6.54 Å². The van der Waals surface area contributed by atoms with Gasteiger partial charge in [0.1, 0.15) is 5.82 Å². The Morgan fingerprint density at radius 2 is 1.55 bits per heavy atom. The molecule has 2 rings (SSSR count). The summed E-state index contributed by atoms with van der Waals surface area (Å²) >= 11 is 0. The monoisotopic (exact) mass is 277 g/mol. The maximum atomic E-state index is 4.29. The van der Waals surface area contributed by atoms with Crippen molar-refractivity contribution in [3.63, 3.8) is 0 Å². The number of hydrogen-bond donors (Lipinski definition) is 2. The van der Waals surface area contributed by atoms with Crippen LogP contribution in [0.1, 0.15) is 76.5 Å². The van der Waals surface area contributed by atoms with Gasteiger partial charge in [-0.2, -0.15) is 0 Å². The standard InChI is InChI=1S/C17H31N3/c1-2-4-6-8-10-16(11-9-7-5-3-1)18-13-12-17-19-14-15-20-17/h14-16,18H,1-13H2,(H,19,20). The highest BCUT2D eigenvalue weighted by molar-refractivity contribution is 4.87. The lowest BCUT2D eigenvalue weighted by Crippen LogP contribution is -2.31. The lowest BCUT2D eigenvalue weighted by atomic mass is 9.98. The van der Waals surface area contributed by atoms with Crippen LogP contribution in [-0.2, 0) is 6.42 Å². The van der Waals surface area contributed by atoms with E-state index in [1.165, 1.54) is 70.6 Å². The molecule has 0 bridgehead atoms. The van der Waals surface area contributed by atoms with E-state index in [2.05, 4.69) is 15.3 Å². The number of nitrogens with one attached hydrogen (secondary N) is 2. The topological polar surface area (TPSA) is 40.7 Å². The van der Waals surface area contributed by atoms with E-state index in [-0.39, 0.29) is 0 Å². The fraction of sp³-hybridized carbons (Fsp3) is 0.824. The Labute approximate surface area is 124 Å². The highest BCUT2D eigenvalue weighted by atomic mass is 14.9. The number of aromatic nitrogens is 2. The van der Waals surface area contributed by atoms with E-state index in [0.29, 0.717) is 0 Å². The van der Waals surface area contributed by atoms with E-state index in [0.717, 1.165) is 24.8 Å². The van der Waals surface area contributed by atoms with E-state index in [4.69, 9.17) is 0 Å². The van der Waals surface area contributed by atoms with Gasteiger partial charge < -0.3 is 10.3 Å². The summed E-state index contributed by atoms with van der Waals surface area (Å²) in [7, 11) is 0. The van der Waals surface area contributed by atoms with Gasteiger partial charge in [-0.3, -0.25) is 0 Å². The Morgan fingerprint density at radius 1 is 0.950 bits per heavy atom. The largest absolute Gasteiger partial charge is 0.349 e. The summed E-state index contributed by atoms with van der Waals surface area (Å²) in [6.07, 6.45) is 20.4. The smallest absolute Gasteiger partial charge is 0.107 e. The second-order valence-electron chi connectivity index (χ2n) is 6.20. The maximum absolute atomic E-state index is 4.29. The van der Waals surface area contributed by atoms with Gasteiger partial charge in [0.25, 0.3) is 0 Å². The molecule has 0 aromatic carbocycles. The third-order valence-electron chi connectivity index (χ3n) is 4.45. The fourth-order valence-electron chi connectivity index (χ4n) is 3.20. The summed E-state index contributed by atoms with van der Waals surface area (Å²) < 4.78 is 0. The predicted octanol–water partition coefficient (Wildman–Crippen LogP) is 4.22. The van der Waals surface area contributed by atoms with Crippen molar-refractivity contribution in [3.05, 3.63) is 18.2 Å². The van der Waals surface area contributed by atoms with Crippen molar-refractivity contribution >= 4 is 0 Å². The van der Waals surface area contributed by atoms with Crippen LogP contribution in [0.2, 0.25) is 0 Å². The second-order valence-corrected chi connectivity index (χ2v) is 6.20. The van der Waals surface area contributed by atoms with Gasteiger partial charge in [0.05, 0.1) is 0 Å². The summed E-state index contributed by atoms with van der Waals surface area (Å²) in [5.41, 5.74) is 0. The van der Waals surface area contributed by atoms with E-state index < -0.39 is 0 Å². The molecule has 1 aliphatic rings. The molecule has 20 heavy (non-hydrogen) atoms. The van der Waals surface area contributed by atoms with Gasteiger partial charge in [-0.25, -0.2) is 4.98 Å². The quantitative estimate of drug-likeness (QED) is 0.865. The molecule has 1 aliphatic carbocycles. The first-order valence-electron chi connectivity index (χ1n) is 8.67. The van der Waals surface area contributed by atoms with Crippen LogP contribution in [0.3, 0.4) is 0 Å². The first-order valence-corrected chi connectivity index (χ1v) is 8.67. The molecule has 0 aliphatic heterocycles. The SMILES string of the molecule is c1c[nH]c(CCNC2CCCCCCCCCCC2)n1. The Kier molecular flexibility index (Phi) is 7.76. The average Bonchev–Trinajstić information content (AvgIpc) is 2.94. The van der Waals surface area contributed by atoms with E-state index in [1.54, 1.807) is 0 Å². The van der Waals surface area contributed by atoms with Gasteiger partial charge >= 0.3 is 0 Å². The lowest BCUT2D eigenvalue weighted by molar-refractivity contribution is 0.405. The number of rotatable bonds is 4. The molecule has 3 nitrogen and oxygen atoms in total. The zero-order valence-electron chi connectivity index (χ0n) is 12.9. The van der Waals surface area contributed by atoms with Crippen molar-refractivity contribution in [2.24, 2.45) is 0 Å². The lowest BCUT2D eigenvalue weighted by Gasteiger charge is -2.19. The molecule has 2 N–H and O–H groups in total. The predicted molar refractivity (Wildman–Crippen MR) is 84.9 cm³/mol. The van der Waals surface area contributed by atoms with Crippen LogP contribution in [0.5, 0.6) is 0 Å². The molecule has 114 valence electrons. The first-order chi connectivity index (χ1) is 9.95. The zero-order valence-corrected chi connectivity index (χ0v) is 12.9. The zero-order chi connectivity index (χ0) is 13.9. The van der Waals surface area contributed by atoms with Crippen LogP contribution in [0.25, 0.3) is 0 Å². The molecule has 0 spiro atoms. The fourth-order valence-corrected chi connectivity index (χ4v) is 3.20. The number of hydrogen-bond acceptors (Lipinski definition) is 2. The number of imidazole rings is 1. The average molecular weight is 277 g/mol. The van der Waals surface area contributed by atoms with Crippen molar-refractivity contribution in [3.8, 4) is 0 Å². The summed E-state index contributed by atoms with van der Waals surface area (Å²) in [5.74, 6) is 1.10. The van der Waals surface area contributed by atoms with Crippen molar-refractivity contribution < 1.29 is 0 Å². The van der Waals surface area contributed by atoms with Crippen LogP contribution >= 0.6 is 0 Å². The first kappa shape index (κ1) is 15.6. The van der Waals surface area contributed by atoms with E-state index in [1.807, 2.05) is 12.4 Å². The van der Waals surface area contributed by atoms with Crippen LogP contribution in [0.4, 0.5) is 0 Å². The Bertz CT molecular complexity index is 309. The highest BCUT2D eigenvalue weighted by Crippen LogP contribution is 2.16. The molecule has 0 amide bonds. The van der Waals surface area contributed by atoms with E-state index in [9.17, 15) is 0 Å².